The van der Waals surface area contributed by atoms with Crippen molar-refractivity contribution < 1.29 is 0 Å². The number of hydrogen-bond acceptors (Lipinski definition) is 1. The van der Waals surface area contributed by atoms with Crippen LogP contribution in [0.5, 0.6) is 0 Å². The fourth-order valence-electron chi connectivity index (χ4n) is 7.19. The van der Waals surface area contributed by atoms with Crippen LogP contribution in [0.1, 0.15) is 120 Å². The van der Waals surface area contributed by atoms with Crippen molar-refractivity contribution in [3.05, 3.63) is 35.4 Å². The van der Waals surface area contributed by atoms with Crippen LogP contribution in [-0.2, 0) is 6.42 Å². The highest BCUT2D eigenvalue weighted by molar-refractivity contribution is 5.26. The van der Waals surface area contributed by atoms with Gasteiger partial charge in [-0.2, -0.15) is 5.26 Å². The lowest BCUT2D eigenvalue weighted by Gasteiger charge is -2.38. The van der Waals surface area contributed by atoms with Gasteiger partial charge in [0, 0.05) is 5.92 Å². The quantitative estimate of drug-likeness (QED) is 0.433. The van der Waals surface area contributed by atoms with Gasteiger partial charge < -0.3 is 0 Å². The van der Waals surface area contributed by atoms with Gasteiger partial charge in [-0.15, -0.1) is 0 Å². The molecule has 0 aliphatic heterocycles. The second kappa shape index (κ2) is 11.5. The molecule has 0 N–H and O–H groups in total. The Morgan fingerprint density at radius 3 is 1.77 bits per heavy atom. The van der Waals surface area contributed by atoms with E-state index in [0.29, 0.717) is 11.8 Å². The predicted molar refractivity (Wildman–Crippen MR) is 131 cm³/mol. The Balaban J connectivity index is 1.15. The molecule has 0 spiro atoms. The summed E-state index contributed by atoms with van der Waals surface area (Å²) in [6.07, 6.45) is 22.2. The number of nitriles is 1. The molecule has 0 bridgehead atoms. The molecular weight excluding hydrogens is 374 g/mol. The van der Waals surface area contributed by atoms with Gasteiger partial charge >= 0.3 is 0 Å². The zero-order chi connectivity index (χ0) is 21.5. The fraction of sp³-hybridized carbons (Fsp3) is 0.767. The second-order valence-electron chi connectivity index (χ2n) is 11.3. The maximum absolute atomic E-state index is 9.11. The first-order chi connectivity index (χ1) is 15.2. The summed E-state index contributed by atoms with van der Waals surface area (Å²) in [5.41, 5.74) is 3.04. The van der Waals surface area contributed by atoms with E-state index in [1.54, 1.807) is 0 Å². The van der Waals surface area contributed by atoms with Crippen LogP contribution >= 0.6 is 0 Å². The molecule has 3 aliphatic rings. The van der Waals surface area contributed by atoms with Gasteiger partial charge in [0.25, 0.3) is 0 Å². The van der Waals surface area contributed by atoms with Crippen molar-refractivity contribution in [2.75, 3.05) is 0 Å². The Labute approximate surface area is 192 Å². The summed E-state index contributed by atoms with van der Waals surface area (Å²) in [6, 6.07) is 12.0. The third-order valence-corrected chi connectivity index (χ3v) is 9.35. The van der Waals surface area contributed by atoms with E-state index < -0.39 is 0 Å². The topological polar surface area (TPSA) is 23.8 Å². The van der Waals surface area contributed by atoms with E-state index >= 15 is 0 Å². The lowest BCUT2D eigenvalue weighted by atomic mass is 9.68. The Bertz CT molecular complexity index is 674. The van der Waals surface area contributed by atoms with Gasteiger partial charge in [0.2, 0.25) is 0 Å². The van der Waals surface area contributed by atoms with Gasteiger partial charge in [-0.05, 0) is 105 Å². The summed E-state index contributed by atoms with van der Waals surface area (Å²) < 4.78 is 0. The van der Waals surface area contributed by atoms with Crippen molar-refractivity contribution in [2.45, 2.75) is 116 Å². The third-order valence-electron chi connectivity index (χ3n) is 9.35. The minimum Gasteiger partial charge on any atom is -0.198 e. The third kappa shape index (κ3) is 6.37. The highest BCUT2D eigenvalue weighted by Crippen LogP contribution is 2.43. The van der Waals surface area contributed by atoms with Crippen LogP contribution in [0.2, 0.25) is 0 Å². The zero-order valence-corrected chi connectivity index (χ0v) is 20.0. The van der Waals surface area contributed by atoms with Crippen molar-refractivity contribution in [1.29, 1.82) is 5.26 Å². The van der Waals surface area contributed by atoms with E-state index in [0.717, 1.165) is 36.5 Å². The Morgan fingerprint density at radius 2 is 1.26 bits per heavy atom. The second-order valence-corrected chi connectivity index (χ2v) is 11.3. The highest BCUT2D eigenvalue weighted by atomic mass is 14.4. The van der Waals surface area contributed by atoms with E-state index in [-0.39, 0.29) is 0 Å². The molecule has 3 aliphatic carbocycles. The van der Waals surface area contributed by atoms with Crippen LogP contribution in [0.3, 0.4) is 0 Å². The van der Waals surface area contributed by atoms with Gasteiger partial charge in [-0.3, -0.25) is 0 Å². The molecule has 1 nitrogen and oxygen atoms in total. The minimum absolute atomic E-state index is 0.307. The number of nitrogens with zero attached hydrogens (tertiary/aromatic N) is 1. The summed E-state index contributed by atoms with van der Waals surface area (Å²) >= 11 is 0. The number of rotatable bonds is 7. The van der Waals surface area contributed by atoms with Crippen molar-refractivity contribution in [3.8, 4) is 6.07 Å². The van der Waals surface area contributed by atoms with Crippen molar-refractivity contribution in [2.24, 2.45) is 29.6 Å². The number of hydrogen-bond donors (Lipinski definition) is 0. The van der Waals surface area contributed by atoms with Gasteiger partial charge in [0.1, 0.15) is 0 Å². The van der Waals surface area contributed by atoms with Gasteiger partial charge in [0.15, 0.2) is 0 Å². The molecule has 3 saturated carbocycles. The average molecular weight is 420 g/mol. The summed E-state index contributed by atoms with van der Waals surface area (Å²) in [7, 11) is 0. The molecule has 0 saturated heterocycles. The largest absolute Gasteiger partial charge is 0.198 e. The summed E-state index contributed by atoms with van der Waals surface area (Å²) in [5, 5.41) is 9.11. The Kier molecular flexibility index (Phi) is 8.52. The maximum atomic E-state index is 9.11. The molecule has 0 radical (unpaired) electrons. The van der Waals surface area contributed by atoms with Crippen LogP contribution in [0.25, 0.3) is 0 Å². The first kappa shape index (κ1) is 22.9. The van der Waals surface area contributed by atoms with E-state index in [4.69, 9.17) is 5.26 Å². The maximum Gasteiger partial charge on any atom is 0.0655 e. The first-order valence-corrected chi connectivity index (χ1v) is 13.7. The fourth-order valence-corrected chi connectivity index (χ4v) is 7.19. The molecule has 170 valence electrons. The molecule has 0 atom stereocenters. The van der Waals surface area contributed by atoms with Crippen LogP contribution in [0.15, 0.2) is 24.3 Å². The SMILES string of the molecule is CCCC1CCC(C2CCC(CCc3ccc(C4CCC(C#N)CC4)cc3)CC2)CC1. The predicted octanol–water partition coefficient (Wildman–Crippen LogP) is 8.83. The van der Waals surface area contributed by atoms with Gasteiger partial charge in [-0.1, -0.05) is 69.7 Å². The molecular formula is C30H45N. The molecule has 3 fully saturated rings. The van der Waals surface area contributed by atoms with Crippen LogP contribution in [0.4, 0.5) is 0 Å². The van der Waals surface area contributed by atoms with Crippen molar-refractivity contribution in [1.82, 2.24) is 0 Å². The smallest absolute Gasteiger partial charge is 0.0655 e. The molecule has 0 amide bonds. The molecule has 0 unspecified atom stereocenters. The molecule has 1 heteroatoms. The normalized spacial score (nSPS) is 34.2. The monoisotopic (exact) mass is 419 g/mol. The minimum atomic E-state index is 0.307. The lowest BCUT2D eigenvalue weighted by molar-refractivity contribution is 0.141. The van der Waals surface area contributed by atoms with Crippen LogP contribution in [0, 0.1) is 40.9 Å². The molecule has 1 aromatic carbocycles. The van der Waals surface area contributed by atoms with Crippen molar-refractivity contribution in [3.63, 3.8) is 0 Å². The van der Waals surface area contributed by atoms with E-state index in [1.165, 1.54) is 101 Å². The van der Waals surface area contributed by atoms with Crippen LogP contribution in [-0.4, -0.2) is 0 Å². The molecule has 0 heterocycles. The Morgan fingerprint density at radius 1 is 0.710 bits per heavy atom. The van der Waals surface area contributed by atoms with E-state index in [9.17, 15) is 0 Å². The van der Waals surface area contributed by atoms with Gasteiger partial charge in [-0.25, -0.2) is 0 Å². The Hall–Kier alpha value is -1.29. The first-order valence-electron chi connectivity index (χ1n) is 13.7. The molecule has 1 aromatic rings. The molecule has 0 aromatic heterocycles. The van der Waals surface area contributed by atoms with Gasteiger partial charge in [0.05, 0.1) is 6.07 Å². The van der Waals surface area contributed by atoms with Crippen molar-refractivity contribution >= 4 is 0 Å². The lowest BCUT2D eigenvalue weighted by Crippen LogP contribution is -2.26. The van der Waals surface area contributed by atoms with E-state index in [2.05, 4.69) is 37.3 Å². The summed E-state index contributed by atoms with van der Waals surface area (Å²) in [6.45, 7) is 2.35. The summed E-state index contributed by atoms with van der Waals surface area (Å²) in [5.74, 6) is 5.12. The standard InChI is InChI=1S/C30H45N/c1-2-3-23-6-14-27(15-7-23)28-16-8-24(9-17-28)4-5-25-10-18-29(19-11-25)30-20-12-26(22-31)13-21-30/h10-11,18-19,23-24,26-28,30H,2-9,12-17,20-21H2,1H3. The summed E-state index contributed by atoms with van der Waals surface area (Å²) in [4.78, 5) is 0. The van der Waals surface area contributed by atoms with Crippen LogP contribution < -0.4 is 0 Å². The zero-order valence-electron chi connectivity index (χ0n) is 20.0. The van der Waals surface area contributed by atoms with E-state index in [1.807, 2.05) is 0 Å². The number of benzene rings is 1. The number of aryl methyl sites for hydroxylation is 1. The molecule has 31 heavy (non-hydrogen) atoms. The highest BCUT2D eigenvalue weighted by Gasteiger charge is 2.30. The molecule has 4 rings (SSSR count). The average Bonchev–Trinajstić information content (AvgIpc) is 2.84.